The van der Waals surface area contributed by atoms with Gasteiger partial charge in [0, 0.05) is 6.42 Å². The molecule has 60 valence electrons. The van der Waals surface area contributed by atoms with Crippen molar-refractivity contribution in [2.45, 2.75) is 19.8 Å². The highest BCUT2D eigenvalue weighted by Gasteiger charge is 2.02. The average Bonchev–Trinajstić information content (AvgIpc) is 2.40. The molecule has 1 aromatic rings. The van der Waals surface area contributed by atoms with Gasteiger partial charge in [-0.25, -0.2) is 0 Å². The smallest absolute Gasteiger partial charge is 0.311 e. The molecule has 0 aliphatic heterocycles. The fraction of sp³-hybridized carbons (Fsp3) is 0.375. The van der Waals surface area contributed by atoms with Gasteiger partial charge in [0.1, 0.15) is 0 Å². The molecule has 0 spiro atoms. The van der Waals surface area contributed by atoms with Crippen molar-refractivity contribution >= 4 is 17.3 Å². The average molecular weight is 170 g/mol. The van der Waals surface area contributed by atoms with Crippen molar-refractivity contribution in [2.75, 3.05) is 0 Å². The first-order valence-electron chi connectivity index (χ1n) is 3.57. The van der Waals surface area contributed by atoms with Crippen molar-refractivity contribution in [2.24, 2.45) is 0 Å². The fourth-order valence-corrected chi connectivity index (χ4v) is 1.28. The van der Waals surface area contributed by atoms with Crippen molar-refractivity contribution in [3.05, 3.63) is 17.5 Å². The van der Waals surface area contributed by atoms with E-state index in [1.807, 2.05) is 18.4 Å². The standard InChI is InChI=1S/C8H10O2S/c1-2-4-7(9)10-8-5-3-6-11-8/h3,5-6H,2,4H2,1H3. The van der Waals surface area contributed by atoms with Crippen LogP contribution in [0.3, 0.4) is 0 Å². The number of esters is 1. The molecular weight excluding hydrogens is 160 g/mol. The van der Waals surface area contributed by atoms with Crippen LogP contribution in [0.25, 0.3) is 0 Å². The van der Waals surface area contributed by atoms with Gasteiger partial charge in [-0.1, -0.05) is 6.92 Å². The van der Waals surface area contributed by atoms with E-state index in [1.54, 1.807) is 6.07 Å². The first-order chi connectivity index (χ1) is 5.33. The highest BCUT2D eigenvalue weighted by Crippen LogP contribution is 2.18. The summed E-state index contributed by atoms with van der Waals surface area (Å²) in [6, 6.07) is 3.65. The molecule has 0 N–H and O–H groups in total. The molecule has 0 atom stereocenters. The van der Waals surface area contributed by atoms with Gasteiger partial charge in [0.15, 0.2) is 5.06 Å². The summed E-state index contributed by atoms with van der Waals surface area (Å²) in [5.74, 6) is -0.144. The Labute approximate surface area is 69.8 Å². The van der Waals surface area contributed by atoms with Gasteiger partial charge in [0.05, 0.1) is 0 Å². The quantitative estimate of drug-likeness (QED) is 0.651. The van der Waals surface area contributed by atoms with Gasteiger partial charge in [-0.15, -0.1) is 11.3 Å². The summed E-state index contributed by atoms with van der Waals surface area (Å²) in [5.41, 5.74) is 0. The second-order valence-electron chi connectivity index (χ2n) is 2.16. The monoisotopic (exact) mass is 170 g/mol. The zero-order valence-corrected chi connectivity index (χ0v) is 7.19. The maximum absolute atomic E-state index is 10.9. The predicted octanol–water partition coefficient (Wildman–Crippen LogP) is 2.45. The second kappa shape index (κ2) is 4.13. The molecule has 3 heteroatoms. The van der Waals surface area contributed by atoms with Gasteiger partial charge in [0.2, 0.25) is 0 Å². The van der Waals surface area contributed by atoms with Crippen LogP contribution < -0.4 is 4.74 Å². The van der Waals surface area contributed by atoms with Gasteiger partial charge in [0.25, 0.3) is 0 Å². The van der Waals surface area contributed by atoms with Crippen molar-refractivity contribution in [3.63, 3.8) is 0 Å². The molecule has 0 aromatic carbocycles. The lowest BCUT2D eigenvalue weighted by Gasteiger charge is -1.97. The van der Waals surface area contributed by atoms with Crippen LogP contribution in [-0.4, -0.2) is 5.97 Å². The van der Waals surface area contributed by atoms with Gasteiger partial charge < -0.3 is 4.74 Å². The minimum Gasteiger partial charge on any atom is -0.415 e. The Morgan fingerprint density at radius 2 is 2.55 bits per heavy atom. The van der Waals surface area contributed by atoms with E-state index >= 15 is 0 Å². The van der Waals surface area contributed by atoms with Crippen molar-refractivity contribution in [1.29, 1.82) is 0 Å². The van der Waals surface area contributed by atoms with Crippen molar-refractivity contribution in [3.8, 4) is 5.06 Å². The van der Waals surface area contributed by atoms with Crippen LogP contribution >= 0.6 is 11.3 Å². The van der Waals surface area contributed by atoms with E-state index in [0.717, 1.165) is 6.42 Å². The molecule has 0 saturated carbocycles. The van der Waals surface area contributed by atoms with Crippen molar-refractivity contribution < 1.29 is 9.53 Å². The lowest BCUT2D eigenvalue weighted by molar-refractivity contribution is -0.134. The number of hydrogen-bond donors (Lipinski definition) is 0. The van der Waals surface area contributed by atoms with E-state index in [-0.39, 0.29) is 5.97 Å². The Balaban J connectivity index is 2.37. The molecule has 0 aliphatic carbocycles. The van der Waals surface area contributed by atoms with Gasteiger partial charge in [-0.2, -0.15) is 0 Å². The van der Waals surface area contributed by atoms with Gasteiger partial charge >= 0.3 is 5.97 Å². The number of carbonyl (C=O) groups is 1. The maximum Gasteiger partial charge on any atom is 0.311 e. The van der Waals surface area contributed by atoms with Crippen LogP contribution in [0.1, 0.15) is 19.8 Å². The molecule has 0 amide bonds. The highest BCUT2D eigenvalue weighted by atomic mass is 32.1. The van der Waals surface area contributed by atoms with Crippen LogP contribution in [0.15, 0.2) is 17.5 Å². The summed E-state index contributed by atoms with van der Waals surface area (Å²) in [4.78, 5) is 10.9. The number of carbonyl (C=O) groups excluding carboxylic acids is 1. The SMILES string of the molecule is CCCC(=O)Oc1cccs1. The molecule has 0 radical (unpaired) electrons. The molecule has 0 unspecified atom stereocenters. The van der Waals surface area contributed by atoms with E-state index in [4.69, 9.17) is 4.74 Å². The number of rotatable bonds is 3. The molecule has 0 saturated heterocycles. The number of hydrogen-bond acceptors (Lipinski definition) is 3. The molecule has 1 rings (SSSR count). The zero-order valence-electron chi connectivity index (χ0n) is 6.37. The summed E-state index contributed by atoms with van der Waals surface area (Å²) in [7, 11) is 0. The molecule has 0 fully saturated rings. The Hall–Kier alpha value is -0.830. The van der Waals surface area contributed by atoms with E-state index in [9.17, 15) is 4.79 Å². The summed E-state index contributed by atoms with van der Waals surface area (Å²) in [6.07, 6.45) is 1.34. The van der Waals surface area contributed by atoms with Crippen LogP contribution in [-0.2, 0) is 4.79 Å². The third kappa shape index (κ3) is 2.72. The van der Waals surface area contributed by atoms with E-state index in [1.165, 1.54) is 11.3 Å². The molecule has 0 bridgehead atoms. The molecule has 0 aliphatic rings. The van der Waals surface area contributed by atoms with Crippen molar-refractivity contribution in [1.82, 2.24) is 0 Å². The highest BCUT2D eigenvalue weighted by molar-refractivity contribution is 7.11. The Morgan fingerprint density at radius 1 is 1.73 bits per heavy atom. The molecule has 1 heterocycles. The first kappa shape index (κ1) is 8.27. The van der Waals surface area contributed by atoms with Gasteiger partial charge in [-0.3, -0.25) is 4.79 Å². The fourth-order valence-electron chi connectivity index (χ4n) is 0.689. The van der Waals surface area contributed by atoms with Crippen LogP contribution in [0.2, 0.25) is 0 Å². The summed E-state index contributed by atoms with van der Waals surface area (Å²) >= 11 is 1.43. The van der Waals surface area contributed by atoms with Crippen LogP contribution in [0.4, 0.5) is 0 Å². The third-order valence-corrected chi connectivity index (χ3v) is 1.91. The van der Waals surface area contributed by atoms with E-state index in [0.29, 0.717) is 11.5 Å². The van der Waals surface area contributed by atoms with Gasteiger partial charge in [-0.05, 0) is 23.9 Å². The lowest BCUT2D eigenvalue weighted by Crippen LogP contribution is -2.05. The van der Waals surface area contributed by atoms with Crippen LogP contribution in [0.5, 0.6) is 5.06 Å². The third-order valence-electron chi connectivity index (χ3n) is 1.16. The van der Waals surface area contributed by atoms with Crippen LogP contribution in [0, 0.1) is 0 Å². The number of thiophene rings is 1. The lowest BCUT2D eigenvalue weighted by atomic mass is 10.3. The Morgan fingerprint density at radius 3 is 3.09 bits per heavy atom. The topological polar surface area (TPSA) is 26.3 Å². The normalized spacial score (nSPS) is 9.55. The minimum atomic E-state index is -0.144. The minimum absolute atomic E-state index is 0.144. The summed E-state index contributed by atoms with van der Waals surface area (Å²) < 4.78 is 4.97. The summed E-state index contributed by atoms with van der Waals surface area (Å²) in [6.45, 7) is 1.95. The molecule has 2 nitrogen and oxygen atoms in total. The largest absolute Gasteiger partial charge is 0.415 e. The maximum atomic E-state index is 10.9. The first-order valence-corrected chi connectivity index (χ1v) is 4.45. The Bertz CT molecular complexity index is 216. The Kier molecular flexibility index (Phi) is 3.11. The predicted molar refractivity (Wildman–Crippen MR) is 44.9 cm³/mol. The molecular formula is C8H10O2S. The van der Waals surface area contributed by atoms with E-state index in [2.05, 4.69) is 0 Å². The molecule has 1 aromatic heterocycles. The molecule has 11 heavy (non-hydrogen) atoms. The zero-order chi connectivity index (χ0) is 8.10. The van der Waals surface area contributed by atoms with E-state index < -0.39 is 0 Å². The second-order valence-corrected chi connectivity index (χ2v) is 3.07. The number of ether oxygens (including phenoxy) is 1. The summed E-state index contributed by atoms with van der Waals surface area (Å²) in [5, 5.41) is 2.57.